The van der Waals surface area contributed by atoms with E-state index in [1.165, 1.54) is 0 Å². The van der Waals surface area contributed by atoms with Crippen LogP contribution in [0, 0.1) is 0 Å². The van der Waals surface area contributed by atoms with Crippen LogP contribution in [0.25, 0.3) is 21.7 Å². The second-order valence-electron chi connectivity index (χ2n) is 4.29. The third-order valence-corrected chi connectivity index (χ3v) is 3.26. The summed E-state index contributed by atoms with van der Waals surface area (Å²) >= 11 is 0. The van der Waals surface area contributed by atoms with Gasteiger partial charge in [-0.25, -0.2) is 4.98 Å². The van der Waals surface area contributed by atoms with Crippen LogP contribution < -0.4 is 16.4 Å². The van der Waals surface area contributed by atoms with Crippen molar-refractivity contribution in [2.45, 2.75) is 0 Å². The third-order valence-electron chi connectivity index (χ3n) is 3.26. The molecule has 86 valence electrons. The molecule has 0 saturated carbocycles. The van der Waals surface area contributed by atoms with E-state index in [2.05, 4.69) is 15.8 Å². The minimum Gasteiger partial charge on any atom is -0.300 e. The van der Waals surface area contributed by atoms with Crippen molar-refractivity contribution in [3.63, 3.8) is 0 Å². The van der Waals surface area contributed by atoms with Crippen LogP contribution in [0.5, 0.6) is 0 Å². The van der Waals surface area contributed by atoms with Gasteiger partial charge >= 0.3 is 0 Å². The Kier molecular flexibility index (Phi) is 1.67. The molecule has 3 aromatic rings. The van der Waals surface area contributed by atoms with Crippen LogP contribution in [0.4, 0.5) is 11.4 Å². The van der Waals surface area contributed by atoms with Crippen molar-refractivity contribution < 1.29 is 0 Å². The number of hydrazine groups is 1. The van der Waals surface area contributed by atoms with Gasteiger partial charge in [-0.2, -0.15) is 0 Å². The third kappa shape index (κ3) is 1.09. The van der Waals surface area contributed by atoms with Crippen molar-refractivity contribution >= 4 is 33.1 Å². The number of hydrogen-bond donors (Lipinski definition) is 2. The number of nitrogens with zero attached hydrogens (tertiary/aromatic N) is 1. The van der Waals surface area contributed by atoms with Gasteiger partial charge in [0.05, 0.1) is 27.7 Å². The maximum Gasteiger partial charge on any atom is 0.278 e. The van der Waals surface area contributed by atoms with E-state index in [9.17, 15) is 4.79 Å². The maximum absolute atomic E-state index is 12.1. The Bertz CT molecular complexity index is 858. The molecule has 0 saturated heterocycles. The number of benzene rings is 2. The van der Waals surface area contributed by atoms with Gasteiger partial charge in [0.25, 0.3) is 5.56 Å². The lowest BCUT2D eigenvalue weighted by atomic mass is 10.1. The molecule has 18 heavy (non-hydrogen) atoms. The molecule has 0 amide bonds. The minimum absolute atomic E-state index is 0.192. The van der Waals surface area contributed by atoms with Crippen LogP contribution in [-0.2, 0) is 0 Å². The molecule has 1 aromatic heterocycles. The molecule has 0 aliphatic carbocycles. The topological polar surface area (TPSA) is 54.0 Å². The molecule has 4 rings (SSSR count). The summed E-state index contributed by atoms with van der Waals surface area (Å²) in [4.78, 5) is 16.3. The molecule has 0 atom stereocenters. The number of fused-ring (bicyclic) bond motifs is 2. The van der Waals surface area contributed by atoms with Gasteiger partial charge in [-0.3, -0.25) is 10.2 Å². The Morgan fingerprint density at radius 1 is 0.889 bits per heavy atom. The summed E-state index contributed by atoms with van der Waals surface area (Å²) in [6.45, 7) is 0. The Morgan fingerprint density at radius 3 is 2.61 bits per heavy atom. The molecule has 0 fully saturated rings. The van der Waals surface area contributed by atoms with Crippen LogP contribution in [0.1, 0.15) is 0 Å². The Morgan fingerprint density at radius 2 is 1.72 bits per heavy atom. The molecule has 2 aromatic carbocycles. The highest BCUT2D eigenvalue weighted by molar-refractivity contribution is 6.14. The lowest BCUT2D eigenvalue weighted by Gasteiger charge is -1.99. The first-order chi connectivity index (χ1) is 8.84. The molecule has 4 heteroatoms. The Balaban J connectivity index is 2.42. The molecule has 1 aliphatic rings. The number of hydrogen-bond acceptors (Lipinski definition) is 4. The van der Waals surface area contributed by atoms with Gasteiger partial charge in [0, 0.05) is 5.39 Å². The van der Waals surface area contributed by atoms with E-state index in [0.717, 1.165) is 22.1 Å². The van der Waals surface area contributed by atoms with Crippen LogP contribution in [0.2, 0.25) is 0 Å². The minimum atomic E-state index is -0.192. The lowest BCUT2D eigenvalue weighted by Crippen LogP contribution is -2.04. The van der Waals surface area contributed by atoms with Gasteiger partial charge in [-0.1, -0.05) is 24.3 Å². The van der Waals surface area contributed by atoms with Crippen LogP contribution in [0.3, 0.4) is 0 Å². The summed E-state index contributed by atoms with van der Waals surface area (Å²) in [5.41, 5.74) is 8.64. The average Bonchev–Trinajstić information content (AvgIpc) is 2.78. The summed E-state index contributed by atoms with van der Waals surface area (Å²) in [5, 5.41) is 2.49. The van der Waals surface area contributed by atoms with E-state index >= 15 is 0 Å². The first-order valence-corrected chi connectivity index (χ1v) is 5.72. The van der Waals surface area contributed by atoms with E-state index < -0.39 is 0 Å². The molecule has 0 unspecified atom stereocenters. The summed E-state index contributed by atoms with van der Waals surface area (Å²) in [7, 11) is 0. The number of rotatable bonds is 0. The number of anilines is 2. The molecule has 2 heterocycles. The smallest absolute Gasteiger partial charge is 0.278 e. The van der Waals surface area contributed by atoms with Crippen molar-refractivity contribution in [1.82, 2.24) is 4.98 Å². The van der Waals surface area contributed by atoms with E-state index in [1.54, 1.807) is 6.07 Å². The fourth-order valence-corrected chi connectivity index (χ4v) is 2.45. The van der Waals surface area contributed by atoms with Crippen molar-refractivity contribution in [2.75, 3.05) is 10.9 Å². The quantitative estimate of drug-likeness (QED) is 0.628. The van der Waals surface area contributed by atoms with Gasteiger partial charge in [0.15, 0.2) is 0 Å². The predicted molar refractivity (Wildman–Crippen MR) is 72.8 cm³/mol. The summed E-state index contributed by atoms with van der Waals surface area (Å²) in [6, 6.07) is 13.2. The maximum atomic E-state index is 12.1. The number of nitrogens with one attached hydrogen (secondary N) is 2. The zero-order valence-electron chi connectivity index (χ0n) is 9.40. The zero-order chi connectivity index (χ0) is 12.1. The van der Waals surface area contributed by atoms with Gasteiger partial charge in [-0.05, 0) is 18.2 Å². The summed E-state index contributed by atoms with van der Waals surface area (Å²) < 4.78 is 0. The SMILES string of the molecule is O=c1nc2cccc3c2c(c2ccccc12)NN3. The number of aromatic nitrogens is 1. The molecule has 1 aliphatic heterocycles. The van der Waals surface area contributed by atoms with Gasteiger partial charge in [0.2, 0.25) is 0 Å². The fraction of sp³-hybridized carbons (Fsp3) is 0. The first-order valence-electron chi connectivity index (χ1n) is 5.72. The van der Waals surface area contributed by atoms with Crippen molar-refractivity contribution in [3.05, 3.63) is 52.8 Å². The van der Waals surface area contributed by atoms with E-state index in [-0.39, 0.29) is 5.56 Å². The first kappa shape index (κ1) is 9.41. The van der Waals surface area contributed by atoms with Crippen molar-refractivity contribution in [1.29, 1.82) is 0 Å². The monoisotopic (exact) mass is 235 g/mol. The summed E-state index contributed by atoms with van der Waals surface area (Å²) in [5.74, 6) is 0. The summed E-state index contributed by atoms with van der Waals surface area (Å²) in [6.07, 6.45) is 0. The molecule has 4 nitrogen and oxygen atoms in total. The van der Waals surface area contributed by atoms with Gasteiger partial charge in [-0.15, -0.1) is 0 Å². The zero-order valence-corrected chi connectivity index (χ0v) is 9.40. The normalized spacial score (nSPS) is 12.4. The van der Waals surface area contributed by atoms with E-state index in [0.29, 0.717) is 10.9 Å². The highest BCUT2D eigenvalue weighted by atomic mass is 16.1. The molecule has 0 spiro atoms. The molecular weight excluding hydrogens is 226 g/mol. The van der Waals surface area contributed by atoms with Crippen LogP contribution in [0.15, 0.2) is 47.3 Å². The molecule has 0 radical (unpaired) electrons. The second-order valence-corrected chi connectivity index (χ2v) is 4.29. The highest BCUT2D eigenvalue weighted by Gasteiger charge is 2.16. The van der Waals surface area contributed by atoms with Crippen LogP contribution in [-0.4, -0.2) is 4.98 Å². The van der Waals surface area contributed by atoms with Gasteiger partial charge in [0.1, 0.15) is 0 Å². The largest absolute Gasteiger partial charge is 0.300 e. The highest BCUT2D eigenvalue weighted by Crippen LogP contribution is 2.36. The van der Waals surface area contributed by atoms with Crippen molar-refractivity contribution in [3.8, 4) is 0 Å². The molecule has 2 N–H and O–H groups in total. The lowest BCUT2D eigenvalue weighted by molar-refractivity contribution is 1.36. The van der Waals surface area contributed by atoms with E-state index in [4.69, 9.17) is 0 Å². The van der Waals surface area contributed by atoms with Crippen LogP contribution >= 0.6 is 0 Å². The average molecular weight is 235 g/mol. The standard InChI is InChI=1S/C14H9N3O/c18-14-9-5-2-1-4-8(9)13-12-10(15-14)6-3-7-11(12)16-17-13/h1-7,16-17H. The van der Waals surface area contributed by atoms with Crippen molar-refractivity contribution in [2.24, 2.45) is 0 Å². The molecular formula is C14H9N3O. The predicted octanol–water partition coefficient (Wildman–Crippen LogP) is 2.50. The van der Waals surface area contributed by atoms with Gasteiger partial charge < -0.3 is 5.43 Å². The Hall–Kier alpha value is -2.62. The Labute approximate surface area is 102 Å². The van der Waals surface area contributed by atoms with E-state index in [1.807, 2.05) is 36.4 Å². The fourth-order valence-electron chi connectivity index (χ4n) is 2.45. The second kappa shape index (κ2) is 3.20. The molecule has 0 bridgehead atoms.